The predicted octanol–water partition coefficient (Wildman–Crippen LogP) is 3.60. The van der Waals surface area contributed by atoms with Crippen LogP contribution in [0, 0.1) is 12.8 Å². The molecule has 3 aromatic rings. The number of carbonyl (C=O) groups excluding carboxylic acids is 2. The molecule has 2 amide bonds. The van der Waals surface area contributed by atoms with E-state index >= 15 is 0 Å². The summed E-state index contributed by atoms with van der Waals surface area (Å²) in [5.74, 6) is -0.585. The highest BCUT2D eigenvalue weighted by Gasteiger charge is 2.32. The summed E-state index contributed by atoms with van der Waals surface area (Å²) in [6, 6.07) is 12.2. The van der Waals surface area contributed by atoms with Crippen molar-refractivity contribution in [2.75, 3.05) is 23.7 Å². The first-order chi connectivity index (χ1) is 15.2. The molecule has 2 N–H and O–H groups in total. The molecule has 0 bridgehead atoms. The van der Waals surface area contributed by atoms with Crippen LogP contribution in [0.2, 0.25) is 0 Å². The van der Waals surface area contributed by atoms with Crippen molar-refractivity contribution in [3.8, 4) is 0 Å². The number of fused-ring (bicyclic) bond motifs is 1. The summed E-state index contributed by atoms with van der Waals surface area (Å²) < 4.78 is 28.0. The number of hydrogen-bond acceptors (Lipinski definition) is 6. The molecular formula is C22H24N4O4S2. The Morgan fingerprint density at radius 2 is 1.75 bits per heavy atom. The molecule has 1 aliphatic heterocycles. The second-order valence-corrected chi connectivity index (χ2v) is 10.8. The smallest absolute Gasteiger partial charge is 0.243 e. The molecule has 1 aliphatic rings. The standard InChI is InChI=1S/C22H24N4O4S2/c1-14-3-6-18(7-4-14)32(29,30)26-11-9-16(10-12-26)21(28)25-22-24-19-8-5-17(23-15(2)27)13-20(19)31-22/h3-8,13,16H,9-12H2,1-2H3,(H,23,27)(H,24,25,28). The molecule has 32 heavy (non-hydrogen) atoms. The number of anilines is 2. The molecule has 1 saturated heterocycles. The van der Waals surface area contributed by atoms with Crippen molar-refractivity contribution in [3.05, 3.63) is 48.0 Å². The van der Waals surface area contributed by atoms with E-state index in [4.69, 9.17) is 0 Å². The topological polar surface area (TPSA) is 108 Å². The average Bonchev–Trinajstić information content (AvgIpc) is 3.15. The third kappa shape index (κ3) is 4.82. The lowest BCUT2D eigenvalue weighted by molar-refractivity contribution is -0.121. The van der Waals surface area contributed by atoms with Gasteiger partial charge in [0.1, 0.15) is 0 Å². The summed E-state index contributed by atoms with van der Waals surface area (Å²) in [7, 11) is -3.56. The molecule has 10 heteroatoms. The lowest BCUT2D eigenvalue weighted by Gasteiger charge is -2.30. The number of aromatic nitrogens is 1. The van der Waals surface area contributed by atoms with Crippen LogP contribution in [-0.2, 0) is 19.6 Å². The Bertz CT molecular complexity index is 1260. The van der Waals surface area contributed by atoms with Crippen LogP contribution < -0.4 is 10.6 Å². The molecule has 2 aromatic carbocycles. The van der Waals surface area contributed by atoms with Gasteiger partial charge in [0.05, 0.1) is 15.1 Å². The first-order valence-electron chi connectivity index (χ1n) is 10.3. The van der Waals surface area contributed by atoms with Crippen molar-refractivity contribution in [1.82, 2.24) is 9.29 Å². The summed E-state index contributed by atoms with van der Waals surface area (Å²) in [6.07, 6.45) is 0.906. The minimum Gasteiger partial charge on any atom is -0.326 e. The number of aryl methyl sites for hydroxylation is 1. The Morgan fingerprint density at radius 3 is 2.41 bits per heavy atom. The summed E-state index contributed by atoms with van der Waals surface area (Å²) in [4.78, 5) is 28.7. The van der Waals surface area contributed by atoms with E-state index in [0.29, 0.717) is 36.8 Å². The number of carbonyl (C=O) groups is 2. The number of nitrogens with one attached hydrogen (secondary N) is 2. The maximum Gasteiger partial charge on any atom is 0.243 e. The van der Waals surface area contributed by atoms with Crippen molar-refractivity contribution in [1.29, 1.82) is 0 Å². The van der Waals surface area contributed by atoms with Crippen LogP contribution in [0.4, 0.5) is 10.8 Å². The number of thiazole rings is 1. The van der Waals surface area contributed by atoms with Gasteiger partial charge < -0.3 is 10.6 Å². The second kappa shape index (κ2) is 8.97. The number of hydrogen-bond donors (Lipinski definition) is 2. The minimum atomic E-state index is -3.56. The van der Waals surface area contributed by atoms with E-state index in [1.165, 1.54) is 22.6 Å². The molecule has 0 aliphatic carbocycles. The van der Waals surface area contributed by atoms with E-state index in [0.717, 1.165) is 15.8 Å². The largest absolute Gasteiger partial charge is 0.326 e. The molecule has 0 saturated carbocycles. The first kappa shape index (κ1) is 22.4. The molecule has 0 radical (unpaired) electrons. The molecule has 2 heterocycles. The summed E-state index contributed by atoms with van der Waals surface area (Å²) in [5.41, 5.74) is 2.41. The van der Waals surface area contributed by atoms with E-state index in [2.05, 4.69) is 15.6 Å². The molecule has 8 nitrogen and oxygen atoms in total. The van der Waals surface area contributed by atoms with Gasteiger partial charge >= 0.3 is 0 Å². The molecule has 4 rings (SSSR count). The van der Waals surface area contributed by atoms with Crippen molar-refractivity contribution in [2.24, 2.45) is 5.92 Å². The van der Waals surface area contributed by atoms with Gasteiger partial charge in [0.25, 0.3) is 0 Å². The fraction of sp³-hybridized carbons (Fsp3) is 0.318. The highest BCUT2D eigenvalue weighted by molar-refractivity contribution is 7.89. The van der Waals surface area contributed by atoms with E-state index in [1.807, 2.05) is 13.0 Å². The third-order valence-corrected chi connectivity index (χ3v) is 8.27. The van der Waals surface area contributed by atoms with Gasteiger partial charge in [-0.15, -0.1) is 0 Å². The Morgan fingerprint density at radius 1 is 1.06 bits per heavy atom. The molecule has 0 spiro atoms. The Labute approximate surface area is 190 Å². The van der Waals surface area contributed by atoms with Gasteiger partial charge in [-0.25, -0.2) is 13.4 Å². The van der Waals surface area contributed by atoms with Gasteiger partial charge in [0.15, 0.2) is 5.13 Å². The van der Waals surface area contributed by atoms with Gasteiger partial charge in [0.2, 0.25) is 21.8 Å². The van der Waals surface area contributed by atoms with E-state index < -0.39 is 10.0 Å². The third-order valence-electron chi connectivity index (χ3n) is 5.42. The molecule has 168 valence electrons. The molecule has 1 fully saturated rings. The Hall–Kier alpha value is -2.82. The number of rotatable bonds is 5. The van der Waals surface area contributed by atoms with Crippen molar-refractivity contribution in [3.63, 3.8) is 0 Å². The molecule has 0 unspecified atom stereocenters. The van der Waals surface area contributed by atoms with Gasteiger partial charge in [-0.2, -0.15) is 4.31 Å². The number of piperidine rings is 1. The average molecular weight is 473 g/mol. The zero-order valence-corrected chi connectivity index (χ0v) is 19.4. The van der Waals surface area contributed by atoms with Crippen molar-refractivity contribution in [2.45, 2.75) is 31.6 Å². The highest BCUT2D eigenvalue weighted by atomic mass is 32.2. The van der Waals surface area contributed by atoms with Crippen molar-refractivity contribution < 1.29 is 18.0 Å². The number of nitrogens with zero attached hydrogens (tertiary/aromatic N) is 2. The fourth-order valence-corrected chi connectivity index (χ4v) is 6.06. The maximum absolute atomic E-state index is 12.9. The van der Waals surface area contributed by atoms with Crippen LogP contribution in [0.1, 0.15) is 25.3 Å². The predicted molar refractivity (Wildman–Crippen MR) is 125 cm³/mol. The molecular weight excluding hydrogens is 448 g/mol. The zero-order chi connectivity index (χ0) is 22.9. The summed E-state index contributed by atoms with van der Waals surface area (Å²) in [6.45, 7) is 3.95. The van der Waals surface area contributed by atoms with E-state index in [-0.39, 0.29) is 22.6 Å². The molecule has 1 aromatic heterocycles. The zero-order valence-electron chi connectivity index (χ0n) is 17.8. The monoisotopic (exact) mass is 472 g/mol. The van der Waals surface area contributed by atoms with Gasteiger partial charge in [-0.3, -0.25) is 9.59 Å². The second-order valence-electron chi connectivity index (χ2n) is 7.86. The van der Waals surface area contributed by atoms with Crippen LogP contribution in [0.25, 0.3) is 10.2 Å². The Balaban J connectivity index is 1.38. The summed E-state index contributed by atoms with van der Waals surface area (Å²) in [5, 5.41) is 6.08. The van der Waals surface area contributed by atoms with Crippen LogP contribution >= 0.6 is 11.3 Å². The van der Waals surface area contributed by atoms with E-state index in [9.17, 15) is 18.0 Å². The quantitative estimate of drug-likeness (QED) is 0.590. The minimum absolute atomic E-state index is 0.154. The van der Waals surface area contributed by atoms with Crippen LogP contribution in [0.15, 0.2) is 47.4 Å². The summed E-state index contributed by atoms with van der Waals surface area (Å²) >= 11 is 1.33. The van der Waals surface area contributed by atoms with Gasteiger partial charge in [-0.05, 0) is 50.1 Å². The normalized spacial score (nSPS) is 15.6. The highest BCUT2D eigenvalue weighted by Crippen LogP contribution is 2.30. The number of benzene rings is 2. The van der Waals surface area contributed by atoms with Crippen LogP contribution in [-0.4, -0.2) is 42.6 Å². The fourth-order valence-electron chi connectivity index (χ4n) is 3.68. The van der Waals surface area contributed by atoms with Crippen LogP contribution in [0.3, 0.4) is 0 Å². The first-order valence-corrected chi connectivity index (χ1v) is 12.5. The maximum atomic E-state index is 12.9. The lowest BCUT2D eigenvalue weighted by atomic mass is 9.97. The van der Waals surface area contributed by atoms with Crippen molar-refractivity contribution >= 4 is 54.2 Å². The van der Waals surface area contributed by atoms with Gasteiger partial charge in [0, 0.05) is 31.6 Å². The van der Waals surface area contributed by atoms with Gasteiger partial charge in [-0.1, -0.05) is 29.0 Å². The molecule has 0 atom stereocenters. The number of sulfonamides is 1. The number of amides is 2. The van der Waals surface area contributed by atoms with Crippen LogP contribution in [0.5, 0.6) is 0 Å². The Kier molecular flexibility index (Phi) is 6.27. The van der Waals surface area contributed by atoms with E-state index in [1.54, 1.807) is 36.4 Å². The lowest BCUT2D eigenvalue weighted by Crippen LogP contribution is -2.41. The SMILES string of the molecule is CC(=O)Nc1ccc2nc(NC(=O)C3CCN(S(=O)(=O)c4ccc(C)cc4)CC3)sc2c1.